The molecule has 26 heavy (non-hydrogen) atoms. The lowest BCUT2D eigenvalue weighted by molar-refractivity contribution is 0.0134. The molecule has 2 aliphatic rings. The minimum Gasteiger partial charge on any atom is -0.489 e. The summed E-state index contributed by atoms with van der Waals surface area (Å²) in [5, 5.41) is 1.14. The zero-order valence-electron chi connectivity index (χ0n) is 14.4. The molecule has 0 amide bonds. The Bertz CT molecular complexity index is 821. The van der Waals surface area contributed by atoms with Gasteiger partial charge in [-0.1, -0.05) is 35.7 Å². The van der Waals surface area contributed by atoms with Crippen LogP contribution < -0.4 is 9.47 Å². The molecule has 3 nitrogen and oxygen atoms in total. The highest BCUT2D eigenvalue weighted by atomic mass is 35.5. The van der Waals surface area contributed by atoms with E-state index in [2.05, 4.69) is 0 Å². The van der Waals surface area contributed by atoms with Gasteiger partial charge >= 0.3 is 0 Å². The maximum absolute atomic E-state index is 12.6. The maximum atomic E-state index is 12.6. The number of carbonyl (C=O) groups excluding carboxylic acids is 1. The van der Waals surface area contributed by atoms with Crippen molar-refractivity contribution in [2.75, 3.05) is 0 Å². The molecule has 0 aromatic heterocycles. The Kier molecular flexibility index (Phi) is 4.85. The summed E-state index contributed by atoms with van der Waals surface area (Å²) in [5.41, 5.74) is 1.06. The second-order valence-electron chi connectivity index (χ2n) is 7.09. The van der Waals surface area contributed by atoms with Crippen LogP contribution in [-0.2, 0) is 6.61 Å². The van der Waals surface area contributed by atoms with E-state index in [4.69, 9.17) is 32.7 Å². The van der Waals surface area contributed by atoms with Gasteiger partial charge in [0.25, 0.3) is 0 Å². The Hall–Kier alpha value is -1.71. The lowest BCUT2D eigenvalue weighted by atomic mass is 9.78. The number of ether oxygens (including phenoxy) is 2. The minimum absolute atomic E-state index is 0.161. The van der Waals surface area contributed by atoms with Crippen LogP contribution in [0.25, 0.3) is 0 Å². The van der Waals surface area contributed by atoms with Crippen molar-refractivity contribution in [3.05, 3.63) is 57.6 Å². The SMILES string of the molecule is O=C1CC2(CCCCC2)Oc2cc(OCc3c(Cl)cccc3Cl)ccc21. The van der Waals surface area contributed by atoms with Crippen LogP contribution in [0, 0.1) is 0 Å². The molecule has 0 unspecified atom stereocenters. The third kappa shape index (κ3) is 3.43. The maximum Gasteiger partial charge on any atom is 0.170 e. The molecule has 1 aliphatic carbocycles. The zero-order chi connectivity index (χ0) is 18.1. The van der Waals surface area contributed by atoms with Gasteiger partial charge in [-0.3, -0.25) is 4.79 Å². The number of benzene rings is 2. The van der Waals surface area contributed by atoms with Gasteiger partial charge in [0.1, 0.15) is 23.7 Å². The second-order valence-corrected chi connectivity index (χ2v) is 7.91. The molecule has 4 rings (SSSR count). The summed E-state index contributed by atoms with van der Waals surface area (Å²) in [6.45, 7) is 0.260. The molecule has 5 heteroatoms. The number of hydrogen-bond acceptors (Lipinski definition) is 3. The largest absolute Gasteiger partial charge is 0.489 e. The topological polar surface area (TPSA) is 35.5 Å². The molecule has 1 saturated carbocycles. The van der Waals surface area contributed by atoms with Crippen molar-refractivity contribution in [2.45, 2.75) is 50.7 Å². The highest BCUT2D eigenvalue weighted by molar-refractivity contribution is 6.35. The fraction of sp³-hybridized carbons (Fsp3) is 0.381. The first-order chi connectivity index (χ1) is 12.6. The van der Waals surface area contributed by atoms with E-state index in [1.54, 1.807) is 30.3 Å². The quantitative estimate of drug-likeness (QED) is 0.621. The predicted molar refractivity (Wildman–Crippen MR) is 103 cm³/mol. The van der Waals surface area contributed by atoms with Crippen molar-refractivity contribution < 1.29 is 14.3 Å². The van der Waals surface area contributed by atoms with E-state index in [-0.39, 0.29) is 18.0 Å². The molecule has 1 spiro atoms. The van der Waals surface area contributed by atoms with Crippen molar-refractivity contribution in [3.63, 3.8) is 0 Å². The summed E-state index contributed by atoms with van der Waals surface area (Å²) < 4.78 is 12.2. The van der Waals surface area contributed by atoms with Gasteiger partial charge < -0.3 is 9.47 Å². The number of fused-ring (bicyclic) bond motifs is 1. The summed E-state index contributed by atoms with van der Waals surface area (Å²) in [6.07, 6.45) is 5.81. The summed E-state index contributed by atoms with van der Waals surface area (Å²) in [5.74, 6) is 1.43. The highest BCUT2D eigenvalue weighted by Gasteiger charge is 2.41. The molecular weight excluding hydrogens is 371 g/mol. The lowest BCUT2D eigenvalue weighted by Crippen LogP contribution is -2.43. The van der Waals surface area contributed by atoms with E-state index < -0.39 is 0 Å². The minimum atomic E-state index is -0.326. The normalized spacial score (nSPS) is 18.3. The predicted octanol–water partition coefficient (Wildman–Crippen LogP) is 6.24. The molecule has 1 heterocycles. The van der Waals surface area contributed by atoms with Crippen LogP contribution in [0.5, 0.6) is 11.5 Å². The van der Waals surface area contributed by atoms with Crippen LogP contribution in [-0.4, -0.2) is 11.4 Å². The standard InChI is InChI=1S/C21H20Cl2O3/c22-17-5-4-6-18(23)16(17)13-25-14-7-8-15-19(24)12-21(26-20(15)11-14)9-2-1-3-10-21/h4-8,11H,1-3,9-10,12-13H2. The fourth-order valence-corrected chi connectivity index (χ4v) is 4.37. The van der Waals surface area contributed by atoms with Gasteiger partial charge in [0.05, 0.1) is 12.0 Å². The van der Waals surface area contributed by atoms with Crippen molar-refractivity contribution in [3.8, 4) is 11.5 Å². The molecular formula is C21H20Cl2O3. The van der Waals surface area contributed by atoms with E-state index in [1.165, 1.54) is 6.42 Å². The van der Waals surface area contributed by atoms with Crippen LogP contribution >= 0.6 is 23.2 Å². The van der Waals surface area contributed by atoms with Crippen LogP contribution in [0.1, 0.15) is 54.4 Å². The highest BCUT2D eigenvalue weighted by Crippen LogP contribution is 2.43. The molecule has 2 aromatic carbocycles. The smallest absolute Gasteiger partial charge is 0.170 e. The second kappa shape index (κ2) is 7.13. The lowest BCUT2D eigenvalue weighted by Gasteiger charge is -2.40. The molecule has 0 radical (unpaired) electrons. The van der Waals surface area contributed by atoms with Crippen LogP contribution in [0.15, 0.2) is 36.4 Å². The van der Waals surface area contributed by atoms with Crippen molar-refractivity contribution in [1.29, 1.82) is 0 Å². The van der Waals surface area contributed by atoms with E-state index in [0.717, 1.165) is 31.2 Å². The van der Waals surface area contributed by atoms with E-state index in [0.29, 0.717) is 33.5 Å². The fourth-order valence-electron chi connectivity index (χ4n) is 3.87. The average Bonchev–Trinajstić information content (AvgIpc) is 2.61. The molecule has 0 N–H and O–H groups in total. The zero-order valence-corrected chi connectivity index (χ0v) is 15.9. The van der Waals surface area contributed by atoms with Crippen LogP contribution in [0.2, 0.25) is 10.0 Å². The number of rotatable bonds is 3. The van der Waals surface area contributed by atoms with Crippen molar-refractivity contribution in [2.24, 2.45) is 0 Å². The molecule has 136 valence electrons. The summed E-state index contributed by atoms with van der Waals surface area (Å²) >= 11 is 12.4. The van der Waals surface area contributed by atoms with E-state index in [9.17, 15) is 4.79 Å². The molecule has 2 aromatic rings. The van der Waals surface area contributed by atoms with Crippen molar-refractivity contribution >= 4 is 29.0 Å². The number of ketones is 1. The Morgan fingerprint density at radius 2 is 1.77 bits per heavy atom. The van der Waals surface area contributed by atoms with Gasteiger partial charge in [0.15, 0.2) is 5.78 Å². The van der Waals surface area contributed by atoms with Crippen molar-refractivity contribution in [1.82, 2.24) is 0 Å². The summed E-state index contributed by atoms with van der Waals surface area (Å²) in [6, 6.07) is 10.8. The first-order valence-corrected chi connectivity index (χ1v) is 9.74. The van der Waals surface area contributed by atoms with Crippen LogP contribution in [0.3, 0.4) is 0 Å². The molecule has 0 bridgehead atoms. The average molecular weight is 391 g/mol. The first-order valence-electron chi connectivity index (χ1n) is 8.98. The molecule has 1 fully saturated rings. The first kappa shape index (κ1) is 17.7. The van der Waals surface area contributed by atoms with Crippen LogP contribution in [0.4, 0.5) is 0 Å². The third-order valence-corrected chi connectivity index (χ3v) is 5.98. The Balaban J connectivity index is 1.55. The van der Waals surface area contributed by atoms with Gasteiger partial charge in [0.2, 0.25) is 0 Å². The molecule has 1 aliphatic heterocycles. The van der Waals surface area contributed by atoms with E-state index >= 15 is 0 Å². The number of carbonyl (C=O) groups is 1. The van der Waals surface area contributed by atoms with Gasteiger partial charge in [-0.25, -0.2) is 0 Å². The summed E-state index contributed by atoms with van der Waals surface area (Å²) in [7, 11) is 0. The van der Waals surface area contributed by atoms with Gasteiger partial charge in [-0.05, 0) is 49.9 Å². The summed E-state index contributed by atoms with van der Waals surface area (Å²) in [4.78, 5) is 12.6. The monoisotopic (exact) mass is 390 g/mol. The van der Waals surface area contributed by atoms with Gasteiger partial charge in [0, 0.05) is 21.7 Å². The Morgan fingerprint density at radius 3 is 2.50 bits per heavy atom. The number of halogens is 2. The number of Topliss-reactive ketones (excluding diaryl/α,β-unsaturated/α-hetero) is 1. The molecule has 0 saturated heterocycles. The molecule has 0 atom stereocenters. The Labute approximate surface area is 163 Å². The van der Waals surface area contributed by atoms with E-state index in [1.807, 2.05) is 6.07 Å². The van der Waals surface area contributed by atoms with Gasteiger partial charge in [-0.2, -0.15) is 0 Å². The van der Waals surface area contributed by atoms with Gasteiger partial charge in [-0.15, -0.1) is 0 Å². The number of hydrogen-bond donors (Lipinski definition) is 0. The third-order valence-electron chi connectivity index (χ3n) is 5.27. The Morgan fingerprint density at radius 1 is 1.04 bits per heavy atom.